The molecule has 0 spiro atoms. The Morgan fingerprint density at radius 3 is 2.71 bits per heavy atom. The largest absolute Gasteiger partial charge is 0.369 e. The maximum Gasteiger partial charge on any atom is 0.257 e. The molecule has 1 aliphatic rings. The molecular formula is C27H30N4O2S. The van der Waals surface area contributed by atoms with Gasteiger partial charge in [-0.2, -0.15) is 0 Å². The van der Waals surface area contributed by atoms with Crippen LogP contribution >= 0.6 is 11.3 Å². The van der Waals surface area contributed by atoms with E-state index >= 15 is 0 Å². The number of carbonyl (C=O) groups excluding carboxylic acids is 1. The molecule has 0 aliphatic carbocycles. The minimum Gasteiger partial charge on any atom is -0.369 e. The van der Waals surface area contributed by atoms with Gasteiger partial charge in [-0.25, -0.2) is 4.98 Å². The Balaban J connectivity index is 1.34. The third kappa shape index (κ3) is 6.75. The van der Waals surface area contributed by atoms with E-state index in [9.17, 15) is 4.79 Å². The topological polar surface area (TPSA) is 57.7 Å². The number of piperazine rings is 1. The second-order valence-corrected chi connectivity index (χ2v) is 9.15. The lowest BCUT2D eigenvalue weighted by Crippen LogP contribution is -2.43. The molecule has 0 atom stereocenters. The fraction of sp³-hybridized carbons (Fsp3) is 0.333. The Hall–Kier alpha value is -3.02. The highest BCUT2D eigenvalue weighted by molar-refractivity contribution is 7.14. The van der Waals surface area contributed by atoms with E-state index in [1.165, 1.54) is 16.9 Å². The minimum absolute atomic E-state index is 0.150. The summed E-state index contributed by atoms with van der Waals surface area (Å²) in [4.78, 5) is 22.1. The third-order valence-electron chi connectivity index (χ3n) is 5.71. The van der Waals surface area contributed by atoms with Crippen molar-refractivity contribution in [3.8, 4) is 23.1 Å². The van der Waals surface area contributed by atoms with Crippen LogP contribution in [0.5, 0.6) is 0 Å². The molecule has 1 fully saturated rings. The van der Waals surface area contributed by atoms with Crippen LogP contribution in [0.1, 0.15) is 28.4 Å². The van der Waals surface area contributed by atoms with Gasteiger partial charge in [0.25, 0.3) is 5.91 Å². The standard InChI is InChI=1S/C27H30N4O2S/c1-3-33-17-5-7-21-6-4-8-24(18-21)25-20-34-27(28-25)29-26(32)23-11-9-22(10-12-23)19-31-15-13-30(2)14-16-31/h4,6,8-12,18,20H,3,13-17,19H2,1-2H3,(H,28,29,32). The molecule has 1 saturated heterocycles. The molecule has 1 aliphatic heterocycles. The first-order valence-corrected chi connectivity index (χ1v) is 12.4. The van der Waals surface area contributed by atoms with Gasteiger partial charge in [0.2, 0.25) is 0 Å². The van der Waals surface area contributed by atoms with Crippen LogP contribution in [-0.2, 0) is 11.3 Å². The summed E-state index contributed by atoms with van der Waals surface area (Å²) in [6.45, 7) is 8.30. The molecule has 34 heavy (non-hydrogen) atoms. The number of nitrogens with one attached hydrogen (secondary N) is 1. The van der Waals surface area contributed by atoms with Crippen LogP contribution < -0.4 is 5.32 Å². The molecule has 0 bridgehead atoms. The van der Waals surface area contributed by atoms with Gasteiger partial charge in [-0.1, -0.05) is 36.1 Å². The highest BCUT2D eigenvalue weighted by atomic mass is 32.1. The molecule has 7 heteroatoms. The molecule has 4 rings (SSSR count). The molecule has 176 valence electrons. The van der Waals surface area contributed by atoms with Crippen molar-refractivity contribution in [3.05, 3.63) is 70.6 Å². The van der Waals surface area contributed by atoms with Gasteiger partial charge < -0.3 is 9.64 Å². The number of nitrogens with zero attached hydrogens (tertiary/aromatic N) is 3. The first-order chi connectivity index (χ1) is 16.6. The zero-order chi connectivity index (χ0) is 23.8. The van der Waals surface area contributed by atoms with Gasteiger partial charge in [0, 0.05) is 61.4 Å². The van der Waals surface area contributed by atoms with Gasteiger partial charge in [-0.05, 0) is 43.8 Å². The number of likely N-dealkylation sites (N-methyl/N-ethyl adjacent to an activating group) is 1. The summed E-state index contributed by atoms with van der Waals surface area (Å²) in [5, 5.41) is 5.45. The van der Waals surface area contributed by atoms with Crippen LogP contribution in [0.3, 0.4) is 0 Å². The molecular weight excluding hydrogens is 444 g/mol. The highest BCUT2D eigenvalue weighted by Gasteiger charge is 2.15. The Morgan fingerprint density at radius 2 is 1.94 bits per heavy atom. The lowest BCUT2D eigenvalue weighted by atomic mass is 10.1. The molecule has 2 aromatic carbocycles. The quantitative estimate of drug-likeness (QED) is 0.411. The van der Waals surface area contributed by atoms with Gasteiger partial charge in [-0.3, -0.25) is 15.0 Å². The summed E-state index contributed by atoms with van der Waals surface area (Å²) >= 11 is 1.41. The van der Waals surface area contributed by atoms with Crippen molar-refractivity contribution >= 4 is 22.4 Å². The first kappa shape index (κ1) is 24.1. The lowest BCUT2D eigenvalue weighted by Gasteiger charge is -2.32. The number of ether oxygens (including phenoxy) is 1. The number of anilines is 1. The van der Waals surface area contributed by atoms with E-state index in [0.717, 1.165) is 49.5 Å². The number of carbonyl (C=O) groups is 1. The zero-order valence-corrected chi connectivity index (χ0v) is 20.5. The molecule has 6 nitrogen and oxygen atoms in total. The number of amides is 1. The molecule has 3 aromatic rings. The monoisotopic (exact) mass is 474 g/mol. The fourth-order valence-corrected chi connectivity index (χ4v) is 4.42. The first-order valence-electron chi connectivity index (χ1n) is 11.5. The van der Waals surface area contributed by atoms with Crippen LogP contribution in [0.4, 0.5) is 5.13 Å². The second-order valence-electron chi connectivity index (χ2n) is 8.29. The van der Waals surface area contributed by atoms with Gasteiger partial charge in [0.1, 0.15) is 6.61 Å². The van der Waals surface area contributed by atoms with E-state index in [2.05, 4.69) is 39.0 Å². The number of hydrogen-bond donors (Lipinski definition) is 1. The number of hydrogen-bond acceptors (Lipinski definition) is 6. The van der Waals surface area contributed by atoms with Crippen molar-refractivity contribution in [2.45, 2.75) is 13.5 Å². The number of thiazole rings is 1. The van der Waals surface area contributed by atoms with Crippen molar-refractivity contribution in [1.82, 2.24) is 14.8 Å². The van der Waals surface area contributed by atoms with Crippen LogP contribution in [-0.4, -0.2) is 67.1 Å². The van der Waals surface area contributed by atoms with Crippen molar-refractivity contribution in [2.75, 3.05) is 51.8 Å². The summed E-state index contributed by atoms with van der Waals surface area (Å²) in [6, 6.07) is 15.8. The maximum atomic E-state index is 12.7. The van der Waals surface area contributed by atoms with E-state index in [0.29, 0.717) is 23.9 Å². The predicted molar refractivity (Wildman–Crippen MR) is 138 cm³/mol. The molecule has 0 saturated carbocycles. The zero-order valence-electron chi connectivity index (χ0n) is 19.7. The van der Waals surface area contributed by atoms with E-state index in [4.69, 9.17) is 4.74 Å². The average Bonchev–Trinajstić information content (AvgIpc) is 3.32. The summed E-state index contributed by atoms with van der Waals surface area (Å²) in [5.41, 5.74) is 4.55. The van der Waals surface area contributed by atoms with E-state index < -0.39 is 0 Å². The van der Waals surface area contributed by atoms with Crippen molar-refractivity contribution in [2.24, 2.45) is 0 Å². The molecule has 1 N–H and O–H groups in total. The van der Waals surface area contributed by atoms with Gasteiger partial charge in [-0.15, -0.1) is 11.3 Å². The molecule has 0 radical (unpaired) electrons. The number of rotatable bonds is 7. The Bertz CT molecular complexity index is 1160. The normalized spacial score (nSPS) is 14.4. The third-order valence-corrected chi connectivity index (χ3v) is 6.47. The molecule has 2 heterocycles. The van der Waals surface area contributed by atoms with Crippen LogP contribution in [0, 0.1) is 11.8 Å². The highest BCUT2D eigenvalue weighted by Crippen LogP contribution is 2.26. The summed E-state index contributed by atoms with van der Waals surface area (Å²) in [6.07, 6.45) is 0. The van der Waals surface area contributed by atoms with E-state index in [1.54, 1.807) is 0 Å². The number of aromatic nitrogens is 1. The van der Waals surface area contributed by atoms with Crippen LogP contribution in [0.25, 0.3) is 11.3 Å². The summed E-state index contributed by atoms with van der Waals surface area (Å²) in [7, 11) is 2.16. The van der Waals surface area contributed by atoms with Crippen molar-refractivity contribution < 1.29 is 9.53 Å². The van der Waals surface area contributed by atoms with E-state index in [1.807, 2.05) is 60.8 Å². The molecule has 0 unspecified atom stereocenters. The Kier molecular flexibility index (Phi) is 8.45. The van der Waals surface area contributed by atoms with Gasteiger partial charge in [0.05, 0.1) is 5.69 Å². The van der Waals surface area contributed by atoms with Crippen LogP contribution in [0.2, 0.25) is 0 Å². The SMILES string of the molecule is CCOCC#Cc1cccc(-c2csc(NC(=O)c3ccc(CN4CCN(C)CC4)cc3)n2)c1. The minimum atomic E-state index is -0.150. The Labute approximate surface area is 205 Å². The summed E-state index contributed by atoms with van der Waals surface area (Å²) in [5.74, 6) is 5.97. The van der Waals surface area contributed by atoms with Crippen LogP contribution in [0.15, 0.2) is 53.9 Å². The summed E-state index contributed by atoms with van der Waals surface area (Å²) < 4.78 is 5.26. The molecule has 1 amide bonds. The van der Waals surface area contributed by atoms with E-state index in [-0.39, 0.29) is 5.91 Å². The van der Waals surface area contributed by atoms with Crippen molar-refractivity contribution in [3.63, 3.8) is 0 Å². The van der Waals surface area contributed by atoms with Crippen molar-refractivity contribution in [1.29, 1.82) is 0 Å². The lowest BCUT2D eigenvalue weighted by molar-refractivity contribution is 0.102. The fourth-order valence-electron chi connectivity index (χ4n) is 3.71. The average molecular weight is 475 g/mol. The smallest absolute Gasteiger partial charge is 0.257 e. The number of benzene rings is 2. The van der Waals surface area contributed by atoms with Gasteiger partial charge >= 0.3 is 0 Å². The Morgan fingerprint density at radius 1 is 1.15 bits per heavy atom. The maximum absolute atomic E-state index is 12.7. The second kappa shape index (κ2) is 11.9. The predicted octanol–water partition coefficient (Wildman–Crippen LogP) is 4.20. The van der Waals surface area contributed by atoms with Gasteiger partial charge in [0.15, 0.2) is 5.13 Å². The molecule has 1 aromatic heterocycles.